The number of piperidine rings is 1. The number of halogens is 1. The van der Waals surface area contributed by atoms with Crippen LogP contribution in [0.15, 0.2) is 10.9 Å². The normalized spacial score (nSPS) is 21.8. The monoisotopic (exact) mass is 410 g/mol. The number of nitrogens with one attached hydrogen (secondary N) is 1. The number of hydrogen-bond donors (Lipinski definition) is 1. The van der Waals surface area contributed by atoms with E-state index in [1.54, 1.807) is 11.0 Å². The van der Waals surface area contributed by atoms with Crippen molar-refractivity contribution >= 4 is 32.8 Å². The van der Waals surface area contributed by atoms with E-state index in [0.29, 0.717) is 12.0 Å². The van der Waals surface area contributed by atoms with Crippen molar-refractivity contribution in [3.63, 3.8) is 0 Å². The second-order valence-corrected chi connectivity index (χ2v) is 7.45. The van der Waals surface area contributed by atoms with Gasteiger partial charge >= 0.3 is 0 Å². The summed E-state index contributed by atoms with van der Waals surface area (Å²) >= 11 is 3.53. The molecular weight excluding hydrogens is 384 g/mol. The Kier molecular flexibility index (Phi) is 6.24. The average Bonchev–Trinajstić information content (AvgIpc) is 2.89. The number of fused-ring (bicyclic) bond motifs is 1. The zero-order chi connectivity index (χ0) is 17.8. The third-order valence-corrected chi connectivity index (χ3v) is 5.41. The molecule has 8 heteroatoms. The van der Waals surface area contributed by atoms with Gasteiger partial charge in [-0.1, -0.05) is 6.92 Å². The number of aromatic nitrogens is 4. The molecule has 1 aliphatic rings. The first kappa shape index (κ1) is 18.5. The van der Waals surface area contributed by atoms with Gasteiger partial charge in [0.15, 0.2) is 5.65 Å². The number of aryl methyl sites for hydroxylation is 1. The van der Waals surface area contributed by atoms with Gasteiger partial charge in [0, 0.05) is 45.9 Å². The lowest BCUT2D eigenvalue weighted by Crippen LogP contribution is -2.45. The lowest BCUT2D eigenvalue weighted by Gasteiger charge is -2.37. The molecular formula is C17H27BrN6O. The van der Waals surface area contributed by atoms with Gasteiger partial charge in [0.1, 0.15) is 16.7 Å². The number of anilines is 1. The molecule has 1 saturated heterocycles. The van der Waals surface area contributed by atoms with Crippen molar-refractivity contribution in [2.24, 2.45) is 13.0 Å². The van der Waals surface area contributed by atoms with Crippen LogP contribution in [0.25, 0.3) is 11.0 Å². The molecule has 138 valence electrons. The summed E-state index contributed by atoms with van der Waals surface area (Å²) in [4.78, 5) is 11.3. The van der Waals surface area contributed by atoms with E-state index < -0.39 is 0 Å². The highest BCUT2D eigenvalue weighted by Gasteiger charge is 2.27. The molecule has 0 aliphatic carbocycles. The maximum absolute atomic E-state index is 5.44. The first-order valence-corrected chi connectivity index (χ1v) is 9.79. The maximum atomic E-state index is 5.44. The molecule has 0 radical (unpaired) electrons. The summed E-state index contributed by atoms with van der Waals surface area (Å²) in [7, 11) is 1.90. The molecule has 3 heterocycles. The Labute approximate surface area is 157 Å². The van der Waals surface area contributed by atoms with Crippen LogP contribution in [0.1, 0.15) is 26.7 Å². The first-order chi connectivity index (χ1) is 12.1. The zero-order valence-electron chi connectivity index (χ0n) is 15.2. The molecule has 0 amide bonds. The summed E-state index contributed by atoms with van der Waals surface area (Å²) in [5.41, 5.74) is 0.838. The Morgan fingerprint density at radius 1 is 1.40 bits per heavy atom. The van der Waals surface area contributed by atoms with Gasteiger partial charge in [-0.3, -0.25) is 0 Å². The Hall–Kier alpha value is -1.25. The van der Waals surface area contributed by atoms with E-state index in [1.807, 2.05) is 14.0 Å². The number of rotatable bonds is 7. The van der Waals surface area contributed by atoms with Crippen molar-refractivity contribution in [3.8, 4) is 0 Å². The van der Waals surface area contributed by atoms with Gasteiger partial charge in [-0.05, 0) is 41.6 Å². The van der Waals surface area contributed by atoms with Crippen molar-refractivity contribution in [2.45, 2.75) is 32.7 Å². The Balaban J connectivity index is 1.61. The minimum Gasteiger partial charge on any atom is -0.382 e. The first-order valence-electron chi connectivity index (χ1n) is 9.00. The topological polar surface area (TPSA) is 68.1 Å². The smallest absolute Gasteiger partial charge is 0.164 e. The van der Waals surface area contributed by atoms with E-state index >= 15 is 0 Å². The highest BCUT2D eigenvalue weighted by molar-refractivity contribution is 9.10. The molecule has 3 rings (SSSR count). The van der Waals surface area contributed by atoms with Crippen LogP contribution >= 0.6 is 15.9 Å². The molecule has 0 aromatic carbocycles. The van der Waals surface area contributed by atoms with E-state index in [4.69, 9.17) is 4.74 Å². The van der Waals surface area contributed by atoms with Gasteiger partial charge in [-0.15, -0.1) is 0 Å². The largest absolute Gasteiger partial charge is 0.382 e. The number of ether oxygens (including phenoxy) is 1. The van der Waals surface area contributed by atoms with E-state index in [1.165, 1.54) is 0 Å². The summed E-state index contributed by atoms with van der Waals surface area (Å²) in [5.74, 6) is 1.42. The predicted molar refractivity (Wildman–Crippen MR) is 103 cm³/mol. The molecule has 2 unspecified atom stereocenters. The molecule has 0 saturated carbocycles. The molecule has 2 atom stereocenters. The average molecular weight is 411 g/mol. The molecule has 0 spiro atoms. The van der Waals surface area contributed by atoms with E-state index in [0.717, 1.165) is 67.1 Å². The molecule has 2 aromatic rings. The third-order valence-electron chi connectivity index (χ3n) is 4.86. The van der Waals surface area contributed by atoms with Crippen molar-refractivity contribution in [3.05, 3.63) is 10.9 Å². The van der Waals surface area contributed by atoms with Crippen LogP contribution in [0.4, 0.5) is 5.82 Å². The zero-order valence-corrected chi connectivity index (χ0v) is 16.8. The van der Waals surface area contributed by atoms with E-state index in [2.05, 4.69) is 48.1 Å². The quantitative estimate of drug-likeness (QED) is 0.707. The van der Waals surface area contributed by atoms with Crippen LogP contribution in [-0.2, 0) is 11.8 Å². The summed E-state index contributed by atoms with van der Waals surface area (Å²) < 4.78 is 8.00. The molecule has 0 bridgehead atoms. The predicted octanol–water partition coefficient (Wildman–Crippen LogP) is 2.67. The fourth-order valence-electron chi connectivity index (χ4n) is 3.51. The van der Waals surface area contributed by atoms with Gasteiger partial charge in [0.25, 0.3) is 0 Å². The lowest BCUT2D eigenvalue weighted by atomic mass is 9.93. The number of hydrogen-bond acceptors (Lipinski definition) is 6. The third kappa shape index (κ3) is 4.30. The number of likely N-dealkylation sites (tertiary alicyclic amines) is 1. The van der Waals surface area contributed by atoms with Gasteiger partial charge in [0.05, 0.1) is 5.39 Å². The van der Waals surface area contributed by atoms with Crippen molar-refractivity contribution in [2.75, 3.05) is 38.2 Å². The number of nitrogens with zero attached hydrogens (tertiary/aromatic N) is 5. The SMILES string of the molecule is CCOCCCN1CCC(Nc2ncnc3c2c(Br)nn3C)C(C)C1. The van der Waals surface area contributed by atoms with Gasteiger partial charge in [-0.25, -0.2) is 14.6 Å². The second kappa shape index (κ2) is 8.42. The van der Waals surface area contributed by atoms with Crippen molar-refractivity contribution in [1.29, 1.82) is 0 Å². The van der Waals surface area contributed by atoms with Gasteiger partial charge < -0.3 is 15.0 Å². The molecule has 2 aromatic heterocycles. The summed E-state index contributed by atoms with van der Waals surface area (Å²) in [6.45, 7) is 9.34. The van der Waals surface area contributed by atoms with Crippen molar-refractivity contribution in [1.82, 2.24) is 24.6 Å². The van der Waals surface area contributed by atoms with Crippen LogP contribution < -0.4 is 5.32 Å². The summed E-state index contributed by atoms with van der Waals surface area (Å²) in [6.07, 6.45) is 3.82. The highest BCUT2D eigenvalue weighted by Crippen LogP contribution is 2.29. The van der Waals surface area contributed by atoms with Crippen LogP contribution in [0.2, 0.25) is 0 Å². The summed E-state index contributed by atoms with van der Waals surface area (Å²) in [6, 6.07) is 0.411. The standard InChI is InChI=1S/C17H27BrN6O/c1-4-25-9-5-7-24-8-6-13(12(2)10-24)21-16-14-15(18)22-23(3)17(14)20-11-19-16/h11-13H,4-10H2,1-3H3,(H,19,20,21). The van der Waals surface area contributed by atoms with E-state index in [9.17, 15) is 0 Å². The fourth-order valence-corrected chi connectivity index (χ4v) is 4.11. The minimum absolute atomic E-state index is 0.411. The van der Waals surface area contributed by atoms with Crippen molar-refractivity contribution < 1.29 is 4.74 Å². The Bertz CT molecular complexity index is 706. The highest BCUT2D eigenvalue weighted by atomic mass is 79.9. The van der Waals surface area contributed by atoms with E-state index in [-0.39, 0.29) is 0 Å². The fraction of sp³-hybridized carbons (Fsp3) is 0.706. The molecule has 25 heavy (non-hydrogen) atoms. The molecule has 1 aliphatic heterocycles. The molecule has 1 fully saturated rings. The van der Waals surface area contributed by atoms with Crippen LogP contribution in [-0.4, -0.2) is 63.5 Å². The summed E-state index contributed by atoms with van der Waals surface area (Å²) in [5, 5.41) is 8.99. The van der Waals surface area contributed by atoms with Crippen LogP contribution in [0, 0.1) is 5.92 Å². The lowest BCUT2D eigenvalue weighted by molar-refractivity contribution is 0.117. The van der Waals surface area contributed by atoms with Crippen LogP contribution in [0.5, 0.6) is 0 Å². The van der Waals surface area contributed by atoms with Gasteiger partial charge in [0.2, 0.25) is 0 Å². The van der Waals surface area contributed by atoms with Crippen LogP contribution in [0.3, 0.4) is 0 Å². The molecule has 1 N–H and O–H groups in total. The van der Waals surface area contributed by atoms with Gasteiger partial charge in [-0.2, -0.15) is 5.10 Å². The minimum atomic E-state index is 0.411. The Morgan fingerprint density at radius 2 is 2.24 bits per heavy atom. The molecule has 7 nitrogen and oxygen atoms in total. The second-order valence-electron chi connectivity index (χ2n) is 6.70. The Morgan fingerprint density at radius 3 is 3.00 bits per heavy atom. The maximum Gasteiger partial charge on any atom is 0.164 e.